The van der Waals surface area contributed by atoms with E-state index < -0.39 is 6.10 Å². The maximum atomic E-state index is 10.0. The van der Waals surface area contributed by atoms with Gasteiger partial charge >= 0.3 is 0 Å². The van der Waals surface area contributed by atoms with Crippen LogP contribution in [0.4, 0.5) is 5.69 Å². The van der Waals surface area contributed by atoms with E-state index in [0.29, 0.717) is 12.1 Å². The van der Waals surface area contributed by atoms with Crippen molar-refractivity contribution in [1.29, 1.82) is 0 Å². The van der Waals surface area contributed by atoms with Crippen LogP contribution in [0.5, 0.6) is 5.75 Å². The van der Waals surface area contributed by atoms with Gasteiger partial charge in [-0.3, -0.25) is 4.98 Å². The molecule has 3 aromatic carbocycles. The summed E-state index contributed by atoms with van der Waals surface area (Å²) in [6, 6.07) is 21.9. The quantitative estimate of drug-likeness (QED) is 0.305. The number of rotatable bonds is 6. The topological polar surface area (TPSA) is 65.4 Å². The number of nitrogens with one attached hydrogen (secondary N) is 1. The summed E-state index contributed by atoms with van der Waals surface area (Å²) >= 11 is 7.81. The minimum atomic E-state index is -0.811. The minimum absolute atomic E-state index is 0.0851. The van der Waals surface area contributed by atoms with Crippen LogP contribution in [0.15, 0.2) is 82.7 Å². The van der Waals surface area contributed by atoms with Crippen molar-refractivity contribution in [3.63, 3.8) is 0 Å². The van der Waals surface area contributed by atoms with E-state index in [9.17, 15) is 10.2 Å². The molecule has 1 aromatic heterocycles. The average molecular weight is 437 g/mol. The van der Waals surface area contributed by atoms with Crippen LogP contribution in [0.2, 0.25) is 5.02 Å². The van der Waals surface area contributed by atoms with Crippen molar-refractivity contribution < 1.29 is 10.2 Å². The maximum Gasteiger partial charge on any atom is 0.140 e. The molecule has 0 aliphatic carbocycles. The van der Waals surface area contributed by atoms with E-state index in [4.69, 9.17) is 11.6 Å². The Hall–Kier alpha value is -2.73. The molecule has 0 spiro atoms. The zero-order valence-electron chi connectivity index (χ0n) is 16.3. The Morgan fingerprint density at radius 1 is 1.07 bits per heavy atom. The molecule has 3 N–H and O–H groups in total. The van der Waals surface area contributed by atoms with E-state index in [1.54, 1.807) is 37.0 Å². The van der Waals surface area contributed by atoms with Gasteiger partial charge in [0.25, 0.3) is 0 Å². The molecule has 0 amide bonds. The van der Waals surface area contributed by atoms with Gasteiger partial charge in [-0.1, -0.05) is 53.7 Å². The summed E-state index contributed by atoms with van der Waals surface area (Å²) < 4.78 is 0. The smallest absolute Gasteiger partial charge is 0.140 e. The van der Waals surface area contributed by atoms with Gasteiger partial charge in [-0.2, -0.15) is 0 Å². The number of aliphatic hydroxyl groups is 1. The molecule has 4 nitrogen and oxygen atoms in total. The number of hydrogen-bond acceptors (Lipinski definition) is 5. The van der Waals surface area contributed by atoms with Gasteiger partial charge in [-0.15, -0.1) is 0 Å². The maximum absolute atomic E-state index is 10.0. The minimum Gasteiger partial charge on any atom is -0.506 e. The van der Waals surface area contributed by atoms with Crippen molar-refractivity contribution in [2.24, 2.45) is 0 Å². The predicted molar refractivity (Wildman–Crippen MR) is 123 cm³/mol. The molecule has 0 saturated carbocycles. The van der Waals surface area contributed by atoms with E-state index in [0.717, 1.165) is 31.9 Å². The number of fused-ring (bicyclic) bond motifs is 1. The van der Waals surface area contributed by atoms with Crippen LogP contribution in [0.3, 0.4) is 0 Å². The van der Waals surface area contributed by atoms with E-state index in [1.165, 1.54) is 0 Å². The third kappa shape index (κ3) is 4.54. The molecule has 152 valence electrons. The molecular weight excluding hydrogens is 416 g/mol. The molecule has 1 heterocycles. The molecule has 0 aliphatic heterocycles. The van der Waals surface area contributed by atoms with Gasteiger partial charge in [0, 0.05) is 39.2 Å². The Morgan fingerprint density at radius 2 is 1.90 bits per heavy atom. The summed E-state index contributed by atoms with van der Waals surface area (Å²) in [5.41, 5.74) is 3.24. The fourth-order valence-corrected chi connectivity index (χ4v) is 4.43. The monoisotopic (exact) mass is 436 g/mol. The van der Waals surface area contributed by atoms with Crippen molar-refractivity contribution in [2.75, 3.05) is 5.32 Å². The highest BCUT2D eigenvalue weighted by atomic mass is 35.5. The molecule has 4 aromatic rings. The Labute approximate surface area is 184 Å². The molecule has 1 atom stereocenters. The number of aromatic nitrogens is 1. The molecule has 0 bridgehead atoms. The summed E-state index contributed by atoms with van der Waals surface area (Å²) in [5.74, 6) is -0.0851. The van der Waals surface area contributed by atoms with Crippen molar-refractivity contribution in [3.8, 4) is 5.75 Å². The lowest BCUT2D eigenvalue weighted by Crippen LogP contribution is -2.02. The number of nitrogens with zero attached hydrogens (tertiary/aromatic N) is 1. The normalized spacial score (nSPS) is 12.1. The number of phenolic OH excluding ortho intramolecular Hbond substituents is 1. The zero-order valence-corrected chi connectivity index (χ0v) is 17.9. The molecule has 30 heavy (non-hydrogen) atoms. The van der Waals surface area contributed by atoms with Crippen molar-refractivity contribution in [3.05, 3.63) is 89.1 Å². The molecule has 1 unspecified atom stereocenters. The number of aliphatic hydroxyl groups excluding tert-OH is 1. The van der Waals surface area contributed by atoms with E-state index in [-0.39, 0.29) is 10.8 Å². The van der Waals surface area contributed by atoms with Gasteiger partial charge < -0.3 is 15.5 Å². The fourth-order valence-electron chi connectivity index (χ4n) is 3.22. The number of anilines is 1. The number of benzene rings is 3. The second kappa shape index (κ2) is 8.96. The standard InChI is InChI=1S/C24H21ClN2O2S/c1-15(28)20-11-18(12-21(25)24(20)29)27-14-17-5-2-3-7-23(17)30-19-9-8-16-6-4-10-26-22(16)13-19/h2-13,15,27-29H,14H2,1H3. The van der Waals surface area contributed by atoms with Crippen molar-refractivity contribution in [2.45, 2.75) is 29.4 Å². The predicted octanol–water partition coefficient (Wildman–Crippen LogP) is 6.41. The SMILES string of the molecule is CC(O)c1cc(NCc2ccccc2Sc2ccc3cccnc3c2)cc(Cl)c1O. The summed E-state index contributed by atoms with van der Waals surface area (Å²) in [6.07, 6.45) is 0.993. The van der Waals surface area contributed by atoms with Crippen LogP contribution in [-0.2, 0) is 6.54 Å². The third-order valence-corrected chi connectivity index (χ3v) is 6.20. The Balaban J connectivity index is 1.55. The van der Waals surface area contributed by atoms with Crippen LogP contribution in [-0.4, -0.2) is 15.2 Å². The van der Waals surface area contributed by atoms with Crippen LogP contribution >= 0.6 is 23.4 Å². The highest BCUT2D eigenvalue weighted by Crippen LogP contribution is 2.36. The molecule has 0 aliphatic rings. The number of aromatic hydroxyl groups is 1. The first kappa shape index (κ1) is 20.5. The number of hydrogen-bond donors (Lipinski definition) is 3. The fraction of sp³-hybridized carbons (Fsp3) is 0.125. The highest BCUT2D eigenvalue weighted by molar-refractivity contribution is 7.99. The molecule has 0 radical (unpaired) electrons. The Morgan fingerprint density at radius 3 is 2.73 bits per heavy atom. The third-order valence-electron chi connectivity index (χ3n) is 4.80. The lowest BCUT2D eigenvalue weighted by Gasteiger charge is -2.15. The largest absolute Gasteiger partial charge is 0.506 e. The lowest BCUT2D eigenvalue weighted by molar-refractivity contribution is 0.195. The van der Waals surface area contributed by atoms with E-state index in [2.05, 4.69) is 46.7 Å². The molecular formula is C24H21ClN2O2S. The first-order valence-electron chi connectivity index (χ1n) is 9.56. The van der Waals surface area contributed by atoms with Crippen LogP contribution in [0, 0.1) is 0 Å². The van der Waals surface area contributed by atoms with Gasteiger partial charge in [0.2, 0.25) is 0 Å². The zero-order chi connectivity index (χ0) is 21.1. The molecule has 4 rings (SSSR count). The van der Waals surface area contributed by atoms with E-state index in [1.807, 2.05) is 18.2 Å². The molecule has 6 heteroatoms. The average Bonchev–Trinajstić information content (AvgIpc) is 2.75. The van der Waals surface area contributed by atoms with Gasteiger partial charge in [-0.05, 0) is 48.9 Å². The van der Waals surface area contributed by atoms with Crippen LogP contribution in [0.25, 0.3) is 10.9 Å². The van der Waals surface area contributed by atoms with Crippen molar-refractivity contribution in [1.82, 2.24) is 4.98 Å². The highest BCUT2D eigenvalue weighted by Gasteiger charge is 2.13. The summed E-state index contributed by atoms with van der Waals surface area (Å²) in [7, 11) is 0. The van der Waals surface area contributed by atoms with Gasteiger partial charge in [0.15, 0.2) is 0 Å². The Kier molecular flexibility index (Phi) is 6.13. The second-order valence-corrected chi connectivity index (χ2v) is 8.52. The van der Waals surface area contributed by atoms with Gasteiger partial charge in [0.1, 0.15) is 5.75 Å². The first-order valence-corrected chi connectivity index (χ1v) is 10.8. The molecule has 0 saturated heterocycles. The summed E-state index contributed by atoms with van der Waals surface area (Å²) in [5, 5.41) is 24.6. The summed E-state index contributed by atoms with van der Waals surface area (Å²) in [4.78, 5) is 6.70. The summed E-state index contributed by atoms with van der Waals surface area (Å²) in [6.45, 7) is 2.18. The van der Waals surface area contributed by atoms with Crippen LogP contribution in [0.1, 0.15) is 24.2 Å². The number of phenols is 1. The molecule has 0 fully saturated rings. The van der Waals surface area contributed by atoms with Crippen LogP contribution < -0.4 is 5.32 Å². The lowest BCUT2D eigenvalue weighted by atomic mass is 10.1. The van der Waals surface area contributed by atoms with Gasteiger partial charge in [-0.25, -0.2) is 0 Å². The van der Waals surface area contributed by atoms with Gasteiger partial charge in [0.05, 0.1) is 16.6 Å². The number of halogens is 1. The second-order valence-electron chi connectivity index (χ2n) is 6.99. The van der Waals surface area contributed by atoms with Crippen molar-refractivity contribution >= 4 is 40.0 Å². The first-order chi connectivity index (χ1) is 14.5. The Bertz CT molecular complexity index is 1200. The van der Waals surface area contributed by atoms with E-state index >= 15 is 0 Å². The number of pyridine rings is 1.